The highest BCUT2D eigenvalue weighted by Crippen LogP contribution is 2.26. The molecular formula is C19H22N2O3S. The van der Waals surface area contributed by atoms with Gasteiger partial charge in [-0.25, -0.2) is 8.42 Å². The molecule has 0 atom stereocenters. The number of aryl methyl sites for hydroxylation is 1. The van der Waals surface area contributed by atoms with Crippen molar-refractivity contribution in [3.8, 4) is 0 Å². The summed E-state index contributed by atoms with van der Waals surface area (Å²) in [4.78, 5) is 14.4. The maximum Gasteiger partial charge on any atom is 0.264 e. The highest BCUT2D eigenvalue weighted by molar-refractivity contribution is 7.92. The van der Waals surface area contributed by atoms with Gasteiger partial charge in [-0.1, -0.05) is 24.3 Å². The van der Waals surface area contributed by atoms with E-state index in [-0.39, 0.29) is 10.8 Å². The van der Waals surface area contributed by atoms with Gasteiger partial charge in [-0.05, 0) is 49.6 Å². The second-order valence-corrected chi connectivity index (χ2v) is 8.26. The van der Waals surface area contributed by atoms with E-state index in [9.17, 15) is 13.2 Å². The number of carbonyl (C=O) groups excluding carboxylic acids is 1. The van der Waals surface area contributed by atoms with Crippen molar-refractivity contribution < 1.29 is 13.2 Å². The summed E-state index contributed by atoms with van der Waals surface area (Å²) in [5.41, 5.74) is 1.91. The van der Waals surface area contributed by atoms with Crippen molar-refractivity contribution in [2.75, 3.05) is 24.4 Å². The first-order chi connectivity index (χ1) is 11.9. The zero-order valence-corrected chi connectivity index (χ0v) is 15.3. The summed E-state index contributed by atoms with van der Waals surface area (Å²) in [5.74, 6) is -0.104. The highest BCUT2D eigenvalue weighted by atomic mass is 32.2. The van der Waals surface area contributed by atoms with E-state index in [0.29, 0.717) is 11.3 Å². The van der Waals surface area contributed by atoms with Gasteiger partial charge >= 0.3 is 0 Å². The maximum atomic E-state index is 13.0. The molecule has 0 radical (unpaired) electrons. The number of hydrogen-bond donors (Lipinski definition) is 0. The topological polar surface area (TPSA) is 57.7 Å². The number of likely N-dealkylation sites (tertiary alicyclic amines) is 1. The first-order valence-corrected chi connectivity index (χ1v) is 9.79. The van der Waals surface area contributed by atoms with E-state index in [4.69, 9.17) is 0 Å². The zero-order chi connectivity index (χ0) is 18.0. The third-order valence-electron chi connectivity index (χ3n) is 4.59. The fourth-order valence-electron chi connectivity index (χ4n) is 3.10. The van der Waals surface area contributed by atoms with Crippen LogP contribution >= 0.6 is 0 Å². The lowest BCUT2D eigenvalue weighted by Gasteiger charge is -2.22. The van der Waals surface area contributed by atoms with Crippen molar-refractivity contribution in [1.82, 2.24) is 4.90 Å². The molecule has 0 aromatic heterocycles. The number of hydrogen-bond acceptors (Lipinski definition) is 3. The van der Waals surface area contributed by atoms with Crippen LogP contribution in [0.3, 0.4) is 0 Å². The zero-order valence-electron chi connectivity index (χ0n) is 14.5. The van der Waals surface area contributed by atoms with E-state index in [1.54, 1.807) is 23.1 Å². The van der Waals surface area contributed by atoms with Gasteiger partial charge in [0.2, 0.25) is 0 Å². The molecule has 1 aliphatic heterocycles. The van der Waals surface area contributed by atoms with Crippen LogP contribution in [0, 0.1) is 6.92 Å². The minimum Gasteiger partial charge on any atom is -0.339 e. The standard InChI is InChI=1S/C19H22N2O3S/c1-15-8-3-4-11-18(15)20(2)25(23,24)17-10-7-9-16(14-17)19(22)21-12-5-6-13-21/h3-4,7-11,14H,5-6,12-13H2,1-2H3. The summed E-state index contributed by atoms with van der Waals surface area (Å²) >= 11 is 0. The van der Waals surface area contributed by atoms with E-state index in [1.807, 2.05) is 25.1 Å². The molecule has 2 aromatic carbocycles. The van der Waals surface area contributed by atoms with Crippen LogP contribution in [0.2, 0.25) is 0 Å². The summed E-state index contributed by atoms with van der Waals surface area (Å²) in [6, 6.07) is 13.6. The largest absolute Gasteiger partial charge is 0.339 e. The fraction of sp³-hybridized carbons (Fsp3) is 0.316. The Morgan fingerprint density at radius 3 is 2.40 bits per heavy atom. The van der Waals surface area contributed by atoms with Crippen LogP contribution in [0.5, 0.6) is 0 Å². The van der Waals surface area contributed by atoms with Gasteiger partial charge < -0.3 is 4.90 Å². The maximum absolute atomic E-state index is 13.0. The number of carbonyl (C=O) groups is 1. The summed E-state index contributed by atoms with van der Waals surface area (Å²) in [6.45, 7) is 3.34. The minimum atomic E-state index is -3.73. The molecule has 1 amide bonds. The monoisotopic (exact) mass is 358 g/mol. The molecular weight excluding hydrogens is 336 g/mol. The Bertz CT molecular complexity index is 887. The Kier molecular flexibility index (Phi) is 4.81. The van der Waals surface area contributed by atoms with Gasteiger partial charge in [0.15, 0.2) is 0 Å². The normalized spacial score (nSPS) is 14.6. The average molecular weight is 358 g/mol. The minimum absolute atomic E-state index is 0.104. The summed E-state index contributed by atoms with van der Waals surface area (Å²) < 4.78 is 27.2. The molecule has 132 valence electrons. The third kappa shape index (κ3) is 3.39. The molecule has 25 heavy (non-hydrogen) atoms. The number of para-hydroxylation sites is 1. The molecule has 2 aromatic rings. The molecule has 5 nitrogen and oxygen atoms in total. The quantitative estimate of drug-likeness (QED) is 0.844. The first-order valence-electron chi connectivity index (χ1n) is 8.35. The lowest BCUT2D eigenvalue weighted by atomic mass is 10.2. The smallest absolute Gasteiger partial charge is 0.264 e. The summed E-state index contributed by atoms with van der Waals surface area (Å²) in [7, 11) is -2.20. The molecule has 1 saturated heterocycles. The molecule has 6 heteroatoms. The number of nitrogens with zero attached hydrogens (tertiary/aromatic N) is 2. The van der Waals surface area contributed by atoms with Gasteiger partial charge in [-0.15, -0.1) is 0 Å². The van der Waals surface area contributed by atoms with Gasteiger partial charge in [0.1, 0.15) is 0 Å². The molecule has 1 heterocycles. The van der Waals surface area contributed by atoms with Crippen LogP contribution in [0.1, 0.15) is 28.8 Å². The van der Waals surface area contributed by atoms with Crippen molar-refractivity contribution in [2.45, 2.75) is 24.7 Å². The van der Waals surface area contributed by atoms with Crippen molar-refractivity contribution in [3.05, 3.63) is 59.7 Å². The van der Waals surface area contributed by atoms with Crippen LogP contribution in [0.15, 0.2) is 53.4 Å². The van der Waals surface area contributed by atoms with Crippen molar-refractivity contribution in [2.24, 2.45) is 0 Å². The highest BCUT2D eigenvalue weighted by Gasteiger charge is 2.25. The van der Waals surface area contributed by atoms with E-state index in [1.165, 1.54) is 23.5 Å². The molecule has 1 aliphatic rings. The van der Waals surface area contributed by atoms with Crippen LogP contribution in [0.25, 0.3) is 0 Å². The lowest BCUT2D eigenvalue weighted by Crippen LogP contribution is -2.29. The molecule has 1 fully saturated rings. The number of rotatable bonds is 4. The number of sulfonamides is 1. The van der Waals surface area contributed by atoms with Crippen LogP contribution < -0.4 is 4.31 Å². The predicted molar refractivity (Wildman–Crippen MR) is 98.3 cm³/mol. The fourth-order valence-corrected chi connectivity index (χ4v) is 4.40. The molecule has 0 unspecified atom stereocenters. The molecule has 0 aliphatic carbocycles. The Hall–Kier alpha value is -2.34. The van der Waals surface area contributed by atoms with Gasteiger partial charge in [0.25, 0.3) is 15.9 Å². The number of amides is 1. The van der Waals surface area contributed by atoms with Crippen molar-refractivity contribution >= 4 is 21.6 Å². The van der Waals surface area contributed by atoms with E-state index in [0.717, 1.165) is 31.5 Å². The van der Waals surface area contributed by atoms with Crippen molar-refractivity contribution in [1.29, 1.82) is 0 Å². The van der Waals surface area contributed by atoms with E-state index in [2.05, 4.69) is 0 Å². The average Bonchev–Trinajstić information content (AvgIpc) is 3.15. The molecule has 3 rings (SSSR count). The predicted octanol–water partition coefficient (Wildman–Crippen LogP) is 3.06. The Labute approximate surface area is 148 Å². The lowest BCUT2D eigenvalue weighted by molar-refractivity contribution is 0.0792. The second kappa shape index (κ2) is 6.88. The van der Waals surface area contributed by atoms with Crippen LogP contribution in [0.4, 0.5) is 5.69 Å². The summed E-state index contributed by atoms with van der Waals surface area (Å²) in [5, 5.41) is 0. The van der Waals surface area contributed by atoms with Crippen LogP contribution in [-0.4, -0.2) is 39.4 Å². The number of benzene rings is 2. The first kappa shape index (κ1) is 17.5. The third-order valence-corrected chi connectivity index (χ3v) is 6.35. The Morgan fingerprint density at radius 2 is 1.72 bits per heavy atom. The molecule has 0 saturated carbocycles. The van der Waals surface area contributed by atoms with E-state index < -0.39 is 10.0 Å². The van der Waals surface area contributed by atoms with E-state index >= 15 is 0 Å². The van der Waals surface area contributed by atoms with Gasteiger partial charge in [-0.2, -0.15) is 0 Å². The van der Waals surface area contributed by atoms with Gasteiger partial charge in [0.05, 0.1) is 10.6 Å². The second-order valence-electron chi connectivity index (χ2n) is 6.29. The van der Waals surface area contributed by atoms with Crippen molar-refractivity contribution in [3.63, 3.8) is 0 Å². The molecule has 0 bridgehead atoms. The van der Waals surface area contributed by atoms with Crippen LogP contribution in [-0.2, 0) is 10.0 Å². The Balaban J connectivity index is 1.94. The molecule has 0 N–H and O–H groups in total. The number of anilines is 1. The summed E-state index contributed by atoms with van der Waals surface area (Å²) in [6.07, 6.45) is 2.00. The van der Waals surface area contributed by atoms with Gasteiger partial charge in [-0.3, -0.25) is 9.10 Å². The SMILES string of the molecule is Cc1ccccc1N(C)S(=O)(=O)c1cccc(C(=O)N2CCCC2)c1. The Morgan fingerprint density at radius 1 is 1.04 bits per heavy atom. The van der Waals surface area contributed by atoms with Gasteiger partial charge in [0, 0.05) is 25.7 Å². The molecule has 0 spiro atoms.